The quantitative estimate of drug-likeness (QED) is 0.722. The normalized spacial score (nSPS) is 15.4. The zero-order valence-corrected chi connectivity index (χ0v) is 16.5. The van der Waals surface area contributed by atoms with E-state index >= 15 is 0 Å². The lowest BCUT2D eigenvalue weighted by Gasteiger charge is -2.14. The lowest BCUT2D eigenvalue weighted by Crippen LogP contribution is -2.29. The van der Waals surface area contributed by atoms with Gasteiger partial charge in [0, 0.05) is 29.2 Å². The highest BCUT2D eigenvalue weighted by Gasteiger charge is 2.18. The molecule has 0 bridgehead atoms. The van der Waals surface area contributed by atoms with Crippen molar-refractivity contribution in [2.75, 3.05) is 6.54 Å². The Labute approximate surface area is 171 Å². The minimum absolute atomic E-state index is 0.0384. The molecule has 3 rings (SSSR count). The minimum atomic E-state index is -0.303. The topological polar surface area (TPSA) is 29.1 Å². The van der Waals surface area contributed by atoms with Crippen molar-refractivity contribution in [3.63, 3.8) is 0 Å². The first-order valence-electron chi connectivity index (χ1n) is 9.85. The van der Waals surface area contributed by atoms with Gasteiger partial charge in [-0.2, -0.15) is 0 Å². The van der Waals surface area contributed by atoms with Crippen molar-refractivity contribution < 1.29 is 9.18 Å². The van der Waals surface area contributed by atoms with Crippen LogP contribution in [0, 0.1) is 23.6 Å². The first kappa shape index (κ1) is 20.4. The van der Waals surface area contributed by atoms with Gasteiger partial charge >= 0.3 is 0 Å². The van der Waals surface area contributed by atoms with E-state index in [9.17, 15) is 9.18 Å². The van der Waals surface area contributed by atoms with Crippen molar-refractivity contribution >= 4 is 5.91 Å². The van der Waals surface area contributed by atoms with Crippen LogP contribution < -0.4 is 5.32 Å². The van der Waals surface area contributed by atoms with Gasteiger partial charge < -0.3 is 5.32 Å². The van der Waals surface area contributed by atoms with Gasteiger partial charge in [-0.15, -0.1) is 0 Å². The van der Waals surface area contributed by atoms with Crippen LogP contribution >= 0.6 is 0 Å². The summed E-state index contributed by atoms with van der Waals surface area (Å²) in [6.07, 6.45) is 9.27. The lowest BCUT2D eigenvalue weighted by atomic mass is 9.95. The number of carbonyl (C=O) groups excluding carboxylic acids is 1. The number of nitrogens with one attached hydrogen (secondary N) is 1. The molecule has 2 aromatic rings. The smallest absolute Gasteiger partial charge is 0.247 e. The van der Waals surface area contributed by atoms with E-state index in [0.29, 0.717) is 12.1 Å². The predicted octanol–water partition coefficient (Wildman–Crippen LogP) is 4.98. The number of hydrogen-bond donors (Lipinski definition) is 1. The molecule has 0 aromatic heterocycles. The van der Waals surface area contributed by atoms with Crippen LogP contribution in [0.4, 0.5) is 4.39 Å². The van der Waals surface area contributed by atoms with Gasteiger partial charge in [-0.1, -0.05) is 67.3 Å². The molecule has 0 saturated carbocycles. The van der Waals surface area contributed by atoms with E-state index in [-0.39, 0.29) is 17.6 Å². The molecule has 0 heterocycles. The number of hydrogen-bond acceptors (Lipinski definition) is 1. The van der Waals surface area contributed by atoms with Crippen LogP contribution in [0.25, 0.3) is 0 Å². The highest BCUT2D eigenvalue weighted by Crippen LogP contribution is 2.21. The maximum absolute atomic E-state index is 13.3. The van der Waals surface area contributed by atoms with Crippen LogP contribution in [-0.2, 0) is 11.2 Å². The highest BCUT2D eigenvalue weighted by molar-refractivity contribution is 5.94. The van der Waals surface area contributed by atoms with Crippen LogP contribution in [0.2, 0.25) is 0 Å². The van der Waals surface area contributed by atoms with E-state index in [1.165, 1.54) is 17.7 Å². The fourth-order valence-corrected chi connectivity index (χ4v) is 3.14. The Morgan fingerprint density at radius 3 is 2.66 bits per heavy atom. The molecule has 29 heavy (non-hydrogen) atoms. The Hall–Kier alpha value is -3.38. The maximum Gasteiger partial charge on any atom is 0.247 e. The number of carbonyl (C=O) groups is 1. The molecule has 0 radical (unpaired) electrons. The first-order valence-corrected chi connectivity index (χ1v) is 9.85. The standard InChI is InChI=1S/C26H24FNO/c1-2-23-15-13-21(11-12-22-9-6-10-24(27)19-22)14-16-25(23)26(29)28-18-17-20-7-4-3-5-8-20/h3-10,13-16,19,23H,2,17-18H2,1H3,(H,28,29). The summed E-state index contributed by atoms with van der Waals surface area (Å²) in [5.74, 6) is 5.72. The van der Waals surface area contributed by atoms with E-state index in [2.05, 4.69) is 36.2 Å². The van der Waals surface area contributed by atoms with E-state index in [4.69, 9.17) is 0 Å². The molecule has 2 aromatic carbocycles. The summed E-state index contributed by atoms with van der Waals surface area (Å²) in [6, 6.07) is 16.3. The monoisotopic (exact) mass is 385 g/mol. The summed E-state index contributed by atoms with van der Waals surface area (Å²) in [5.41, 5.74) is 3.35. The fraction of sp³-hybridized carbons (Fsp3) is 0.192. The van der Waals surface area contributed by atoms with Gasteiger partial charge in [0.15, 0.2) is 0 Å². The molecule has 1 amide bonds. The predicted molar refractivity (Wildman–Crippen MR) is 116 cm³/mol. The third-order valence-corrected chi connectivity index (χ3v) is 4.77. The zero-order chi connectivity index (χ0) is 20.5. The van der Waals surface area contributed by atoms with Crippen molar-refractivity contribution in [2.45, 2.75) is 19.8 Å². The molecule has 1 aliphatic rings. The number of halogens is 1. The third kappa shape index (κ3) is 6.05. The second kappa shape index (κ2) is 10.2. The van der Waals surface area contributed by atoms with Gasteiger partial charge in [0.25, 0.3) is 0 Å². The van der Waals surface area contributed by atoms with Gasteiger partial charge in [-0.25, -0.2) is 4.39 Å². The van der Waals surface area contributed by atoms with Crippen molar-refractivity contribution in [3.8, 4) is 11.8 Å². The Balaban J connectivity index is 1.68. The molecule has 2 nitrogen and oxygen atoms in total. The number of allylic oxidation sites excluding steroid dienone is 5. The summed E-state index contributed by atoms with van der Waals surface area (Å²) in [6.45, 7) is 2.65. The van der Waals surface area contributed by atoms with E-state index in [1.54, 1.807) is 12.1 Å². The summed E-state index contributed by atoms with van der Waals surface area (Å²) in [4.78, 5) is 12.7. The van der Waals surface area contributed by atoms with Crippen molar-refractivity contribution in [1.82, 2.24) is 5.32 Å². The Bertz CT molecular complexity index is 1010. The molecular weight excluding hydrogens is 361 g/mol. The highest BCUT2D eigenvalue weighted by atomic mass is 19.1. The third-order valence-electron chi connectivity index (χ3n) is 4.77. The summed E-state index contributed by atoms with van der Waals surface area (Å²) < 4.78 is 13.3. The maximum atomic E-state index is 13.3. The number of amides is 1. The number of rotatable bonds is 5. The molecule has 0 aliphatic heterocycles. The summed E-state index contributed by atoms with van der Waals surface area (Å²) in [5, 5.41) is 3.02. The van der Waals surface area contributed by atoms with E-state index in [0.717, 1.165) is 24.0 Å². The number of benzene rings is 2. The Morgan fingerprint density at radius 1 is 1.07 bits per heavy atom. The van der Waals surface area contributed by atoms with Gasteiger partial charge in [0.2, 0.25) is 5.91 Å². The summed E-state index contributed by atoms with van der Waals surface area (Å²) >= 11 is 0. The Kier molecular flexibility index (Phi) is 7.19. The minimum Gasteiger partial charge on any atom is -0.352 e. The summed E-state index contributed by atoms with van der Waals surface area (Å²) in [7, 11) is 0. The molecular formula is C26H24FNO. The van der Waals surface area contributed by atoms with Crippen LogP contribution in [0.5, 0.6) is 0 Å². The fourth-order valence-electron chi connectivity index (χ4n) is 3.14. The molecule has 1 N–H and O–H groups in total. The zero-order valence-electron chi connectivity index (χ0n) is 16.5. The second-order valence-corrected chi connectivity index (χ2v) is 6.87. The Morgan fingerprint density at radius 2 is 1.90 bits per heavy atom. The molecule has 146 valence electrons. The van der Waals surface area contributed by atoms with Crippen LogP contribution in [0.1, 0.15) is 24.5 Å². The van der Waals surface area contributed by atoms with Crippen molar-refractivity contribution in [3.05, 3.63) is 107 Å². The average molecular weight is 385 g/mol. The van der Waals surface area contributed by atoms with Gasteiger partial charge in [-0.05, 0) is 48.8 Å². The van der Waals surface area contributed by atoms with Gasteiger partial charge in [0.1, 0.15) is 5.82 Å². The lowest BCUT2D eigenvalue weighted by molar-refractivity contribution is -0.117. The van der Waals surface area contributed by atoms with E-state index in [1.807, 2.05) is 42.5 Å². The SMILES string of the molecule is CCC1C=CC(C#Cc2cccc(F)c2)=CC=C1C(=O)NCCc1ccccc1. The first-order chi connectivity index (χ1) is 14.2. The van der Waals surface area contributed by atoms with Crippen LogP contribution in [-0.4, -0.2) is 12.5 Å². The van der Waals surface area contributed by atoms with Gasteiger partial charge in [0.05, 0.1) is 0 Å². The van der Waals surface area contributed by atoms with Crippen molar-refractivity contribution in [2.24, 2.45) is 5.92 Å². The van der Waals surface area contributed by atoms with Crippen molar-refractivity contribution in [1.29, 1.82) is 0 Å². The van der Waals surface area contributed by atoms with E-state index < -0.39 is 0 Å². The molecule has 0 saturated heterocycles. The van der Waals surface area contributed by atoms with Crippen LogP contribution in [0.3, 0.4) is 0 Å². The average Bonchev–Trinajstić information content (AvgIpc) is 2.95. The van der Waals surface area contributed by atoms with Crippen LogP contribution in [0.15, 0.2) is 90.0 Å². The molecule has 0 spiro atoms. The molecule has 0 fully saturated rings. The molecule has 3 heteroatoms. The van der Waals surface area contributed by atoms with Gasteiger partial charge in [-0.3, -0.25) is 4.79 Å². The largest absolute Gasteiger partial charge is 0.352 e. The molecule has 1 aliphatic carbocycles. The molecule has 1 atom stereocenters. The second-order valence-electron chi connectivity index (χ2n) is 6.87. The molecule has 1 unspecified atom stereocenters.